The summed E-state index contributed by atoms with van der Waals surface area (Å²) in [6, 6.07) is 0. The summed E-state index contributed by atoms with van der Waals surface area (Å²) in [5.74, 6) is 6.65. The van der Waals surface area contributed by atoms with Crippen LogP contribution in [0.2, 0.25) is 0 Å². The van der Waals surface area contributed by atoms with Crippen molar-refractivity contribution in [3.05, 3.63) is 12.2 Å². The van der Waals surface area contributed by atoms with Gasteiger partial charge in [0.2, 0.25) is 5.96 Å². The second-order valence-corrected chi connectivity index (χ2v) is 3.44. The summed E-state index contributed by atoms with van der Waals surface area (Å²) in [5, 5.41) is 10.8. The van der Waals surface area contributed by atoms with Crippen molar-refractivity contribution in [2.24, 2.45) is 17.9 Å². The highest BCUT2D eigenvalue weighted by molar-refractivity contribution is 5.79. The van der Waals surface area contributed by atoms with Crippen molar-refractivity contribution in [2.75, 3.05) is 20.3 Å². The molecule has 0 fully saturated rings. The van der Waals surface area contributed by atoms with Crippen molar-refractivity contribution in [2.45, 2.75) is 13.0 Å². The number of nitrogens with one attached hydrogen (secondary N) is 2. The molecule has 0 atom stereocenters. The molecule has 0 amide bonds. The van der Waals surface area contributed by atoms with E-state index in [0.717, 1.165) is 18.8 Å². The monoisotopic (exact) mass is 241 g/mol. The van der Waals surface area contributed by atoms with Gasteiger partial charge in [0.15, 0.2) is 5.82 Å². The van der Waals surface area contributed by atoms with E-state index < -0.39 is 0 Å². The van der Waals surface area contributed by atoms with E-state index in [0.29, 0.717) is 19.1 Å². The van der Waals surface area contributed by atoms with Gasteiger partial charge in [-0.05, 0) is 6.42 Å². The number of methoxy groups -OCH3 is 1. The molecular formula is C9H19N7O. The molecular weight excluding hydrogens is 222 g/mol. The second-order valence-electron chi connectivity index (χ2n) is 3.44. The van der Waals surface area contributed by atoms with Crippen molar-refractivity contribution < 1.29 is 4.74 Å². The summed E-state index contributed by atoms with van der Waals surface area (Å²) in [6.07, 6.45) is 2.52. The van der Waals surface area contributed by atoms with E-state index in [4.69, 9.17) is 10.6 Å². The Hall–Kier alpha value is -1.67. The molecule has 0 radical (unpaired) electrons. The Morgan fingerprint density at radius 2 is 2.47 bits per heavy atom. The van der Waals surface area contributed by atoms with E-state index in [9.17, 15) is 0 Å². The first-order chi connectivity index (χ1) is 8.27. The largest absolute Gasteiger partial charge is 0.385 e. The number of guanidine groups is 1. The fourth-order valence-electron chi connectivity index (χ4n) is 1.18. The third-order valence-electron chi connectivity index (χ3n) is 2.14. The zero-order valence-electron chi connectivity index (χ0n) is 10.2. The lowest BCUT2D eigenvalue weighted by Gasteiger charge is -2.08. The number of hydrazine groups is 1. The van der Waals surface area contributed by atoms with E-state index in [1.165, 1.54) is 0 Å². The van der Waals surface area contributed by atoms with Gasteiger partial charge in [-0.25, -0.2) is 10.8 Å². The minimum absolute atomic E-state index is 0.424. The maximum Gasteiger partial charge on any atom is 0.206 e. The normalized spacial score (nSPS) is 11.6. The summed E-state index contributed by atoms with van der Waals surface area (Å²) in [6.45, 7) is 1.87. The number of nitrogens with two attached hydrogens (primary N) is 1. The van der Waals surface area contributed by atoms with Crippen LogP contribution in [0.15, 0.2) is 11.3 Å². The van der Waals surface area contributed by atoms with Crippen LogP contribution in [0.3, 0.4) is 0 Å². The molecule has 0 unspecified atom stereocenters. The van der Waals surface area contributed by atoms with Crippen molar-refractivity contribution in [3.63, 3.8) is 0 Å². The fraction of sp³-hybridized carbons (Fsp3) is 0.667. The van der Waals surface area contributed by atoms with E-state index in [2.05, 4.69) is 25.9 Å². The molecule has 8 nitrogen and oxygen atoms in total. The Balaban J connectivity index is 2.36. The average molecular weight is 241 g/mol. The van der Waals surface area contributed by atoms with E-state index >= 15 is 0 Å². The number of rotatable bonds is 6. The first-order valence-electron chi connectivity index (χ1n) is 5.34. The smallest absolute Gasteiger partial charge is 0.206 e. The highest BCUT2D eigenvalue weighted by Gasteiger charge is 2.00. The predicted molar refractivity (Wildman–Crippen MR) is 64.0 cm³/mol. The molecule has 0 spiro atoms. The quantitative estimate of drug-likeness (QED) is 0.189. The third kappa shape index (κ3) is 4.79. The lowest BCUT2D eigenvalue weighted by atomic mass is 10.4. The highest BCUT2D eigenvalue weighted by Crippen LogP contribution is 1.93. The standard InChI is InChI=1S/C9H19N7O/c1-16-7-13-15-8(16)6-12-9(14-10)11-4-3-5-17-2/h7H,3-6,10H2,1-2H3,(H2,11,12,14). The van der Waals surface area contributed by atoms with Gasteiger partial charge in [-0.2, -0.15) is 0 Å². The molecule has 0 saturated heterocycles. The zero-order valence-corrected chi connectivity index (χ0v) is 10.2. The molecule has 0 aromatic carbocycles. The number of hydrogen-bond donors (Lipinski definition) is 3. The molecule has 0 saturated carbocycles. The number of ether oxygens (including phenoxy) is 1. The molecule has 0 aliphatic heterocycles. The lowest BCUT2D eigenvalue weighted by molar-refractivity contribution is 0.195. The molecule has 4 N–H and O–H groups in total. The molecule has 1 aromatic rings. The van der Waals surface area contributed by atoms with Gasteiger partial charge in [0.05, 0.1) is 0 Å². The average Bonchev–Trinajstić information content (AvgIpc) is 2.74. The number of aliphatic imine (C=N–C) groups is 1. The zero-order chi connectivity index (χ0) is 12.5. The Kier molecular flexibility index (Phi) is 5.97. The van der Waals surface area contributed by atoms with Gasteiger partial charge >= 0.3 is 0 Å². The van der Waals surface area contributed by atoms with Crippen LogP contribution in [0.25, 0.3) is 0 Å². The number of aromatic nitrogens is 3. The van der Waals surface area contributed by atoms with Crippen LogP contribution in [0.4, 0.5) is 0 Å². The molecule has 0 aliphatic rings. The summed E-state index contributed by atoms with van der Waals surface area (Å²) in [4.78, 5) is 4.25. The Bertz CT molecular complexity index is 349. The minimum Gasteiger partial charge on any atom is -0.385 e. The van der Waals surface area contributed by atoms with Crippen molar-refractivity contribution >= 4 is 5.96 Å². The highest BCUT2D eigenvalue weighted by atomic mass is 16.5. The van der Waals surface area contributed by atoms with Gasteiger partial charge in [-0.3, -0.25) is 5.43 Å². The number of hydrogen-bond acceptors (Lipinski definition) is 5. The Labute approximate surface area is 100 Å². The summed E-state index contributed by atoms with van der Waals surface area (Å²) >= 11 is 0. The van der Waals surface area contributed by atoms with E-state index in [-0.39, 0.29) is 0 Å². The van der Waals surface area contributed by atoms with Crippen LogP contribution in [-0.4, -0.2) is 41.0 Å². The van der Waals surface area contributed by atoms with Crippen LogP contribution in [0.1, 0.15) is 12.2 Å². The van der Waals surface area contributed by atoms with Crippen molar-refractivity contribution in [1.82, 2.24) is 25.5 Å². The van der Waals surface area contributed by atoms with Gasteiger partial charge in [-0.1, -0.05) is 0 Å². The van der Waals surface area contributed by atoms with Crippen LogP contribution in [0.5, 0.6) is 0 Å². The van der Waals surface area contributed by atoms with Gasteiger partial charge in [-0.15, -0.1) is 10.2 Å². The fourth-order valence-corrected chi connectivity index (χ4v) is 1.18. The van der Waals surface area contributed by atoms with Crippen LogP contribution < -0.4 is 16.6 Å². The number of nitrogens with zero attached hydrogens (tertiary/aromatic N) is 4. The molecule has 8 heteroatoms. The summed E-state index contributed by atoms with van der Waals surface area (Å²) in [5.41, 5.74) is 2.50. The SMILES string of the molecule is COCCCNC(=NCc1nncn1C)NN. The molecule has 0 aliphatic carbocycles. The van der Waals surface area contributed by atoms with Crippen molar-refractivity contribution in [1.29, 1.82) is 0 Å². The van der Waals surface area contributed by atoms with E-state index in [1.54, 1.807) is 13.4 Å². The Morgan fingerprint density at radius 1 is 1.65 bits per heavy atom. The van der Waals surface area contributed by atoms with Gasteiger partial charge in [0, 0.05) is 27.3 Å². The maximum absolute atomic E-state index is 5.35. The molecule has 17 heavy (non-hydrogen) atoms. The van der Waals surface area contributed by atoms with Gasteiger partial charge < -0.3 is 14.6 Å². The molecule has 1 rings (SSSR count). The third-order valence-corrected chi connectivity index (χ3v) is 2.14. The summed E-state index contributed by atoms with van der Waals surface area (Å²) < 4.78 is 6.75. The Morgan fingerprint density at radius 3 is 3.06 bits per heavy atom. The van der Waals surface area contributed by atoms with Gasteiger partial charge in [0.25, 0.3) is 0 Å². The molecule has 1 aromatic heterocycles. The number of aryl methyl sites for hydroxylation is 1. The van der Waals surface area contributed by atoms with E-state index in [1.807, 2.05) is 11.6 Å². The molecule has 96 valence electrons. The van der Waals surface area contributed by atoms with Crippen LogP contribution in [0, 0.1) is 0 Å². The first kappa shape index (κ1) is 13.4. The summed E-state index contributed by atoms with van der Waals surface area (Å²) in [7, 11) is 3.54. The minimum atomic E-state index is 0.424. The lowest BCUT2D eigenvalue weighted by Crippen LogP contribution is -2.42. The topological polar surface area (TPSA) is 102 Å². The van der Waals surface area contributed by atoms with Crippen molar-refractivity contribution in [3.8, 4) is 0 Å². The molecule has 1 heterocycles. The predicted octanol–water partition coefficient (Wildman–Crippen LogP) is -1.24. The van der Waals surface area contributed by atoms with Crippen LogP contribution >= 0.6 is 0 Å². The van der Waals surface area contributed by atoms with Crippen LogP contribution in [-0.2, 0) is 18.3 Å². The maximum atomic E-state index is 5.35. The first-order valence-corrected chi connectivity index (χ1v) is 5.34. The van der Waals surface area contributed by atoms with Gasteiger partial charge in [0.1, 0.15) is 12.9 Å². The second kappa shape index (κ2) is 7.58. The molecule has 0 bridgehead atoms.